The summed E-state index contributed by atoms with van der Waals surface area (Å²) in [7, 11) is 1.27. The molecule has 10 heteroatoms. The number of nitrogens with zero attached hydrogens (tertiary/aromatic N) is 2. The third kappa shape index (κ3) is 3.16. The van der Waals surface area contributed by atoms with Crippen molar-refractivity contribution in [3.63, 3.8) is 0 Å². The zero-order valence-electron chi connectivity index (χ0n) is 14.8. The van der Waals surface area contributed by atoms with E-state index < -0.39 is 28.7 Å². The lowest BCUT2D eigenvalue weighted by atomic mass is 10.1. The molecule has 0 saturated carbocycles. The van der Waals surface area contributed by atoms with Crippen LogP contribution in [0.1, 0.15) is 27.6 Å². The molecule has 1 aliphatic rings. The Hall–Kier alpha value is -3.46. The minimum Gasteiger partial charge on any atom is -0.494 e. The van der Waals surface area contributed by atoms with Crippen molar-refractivity contribution in [2.45, 2.75) is 13.0 Å². The first-order valence-electron chi connectivity index (χ1n) is 8.06. The van der Waals surface area contributed by atoms with Crippen molar-refractivity contribution in [1.29, 1.82) is 0 Å². The second-order valence-corrected chi connectivity index (χ2v) is 6.36. The van der Waals surface area contributed by atoms with Crippen LogP contribution in [-0.2, 0) is 4.79 Å². The molecule has 0 fully saturated rings. The summed E-state index contributed by atoms with van der Waals surface area (Å²) in [5.41, 5.74) is 0.141. The SMILES string of the molecule is COc1cc([N+](=O)[O-])c(Cl)cc1NC(=O)C(C)N1C(=O)c2ccccc2C1=O. The van der Waals surface area contributed by atoms with Crippen molar-refractivity contribution in [2.24, 2.45) is 0 Å². The maximum absolute atomic E-state index is 12.7. The number of hydrogen-bond acceptors (Lipinski definition) is 6. The fourth-order valence-electron chi connectivity index (χ4n) is 2.86. The number of nitro groups is 1. The van der Waals surface area contributed by atoms with Gasteiger partial charge < -0.3 is 10.1 Å². The molecule has 0 radical (unpaired) electrons. The van der Waals surface area contributed by atoms with Gasteiger partial charge in [0.25, 0.3) is 17.5 Å². The molecule has 0 bridgehead atoms. The summed E-state index contributed by atoms with van der Waals surface area (Å²) in [6.45, 7) is 1.40. The van der Waals surface area contributed by atoms with Gasteiger partial charge in [0.1, 0.15) is 16.8 Å². The van der Waals surface area contributed by atoms with Crippen LogP contribution in [-0.4, -0.2) is 40.7 Å². The molecule has 3 amide bonds. The molecule has 2 aromatic carbocycles. The van der Waals surface area contributed by atoms with Crippen molar-refractivity contribution < 1.29 is 24.0 Å². The van der Waals surface area contributed by atoms with Crippen LogP contribution in [0.25, 0.3) is 0 Å². The first-order valence-corrected chi connectivity index (χ1v) is 8.43. The summed E-state index contributed by atoms with van der Waals surface area (Å²) in [4.78, 5) is 48.8. The van der Waals surface area contributed by atoms with Crippen molar-refractivity contribution in [3.8, 4) is 5.75 Å². The van der Waals surface area contributed by atoms with E-state index in [2.05, 4.69) is 5.32 Å². The van der Waals surface area contributed by atoms with Gasteiger partial charge in [0.2, 0.25) is 5.91 Å². The van der Waals surface area contributed by atoms with Gasteiger partial charge in [-0.2, -0.15) is 0 Å². The Morgan fingerprint density at radius 1 is 1.21 bits per heavy atom. The number of carbonyl (C=O) groups is 3. The Labute approximate surface area is 164 Å². The van der Waals surface area contributed by atoms with Gasteiger partial charge in [-0.25, -0.2) is 0 Å². The highest BCUT2D eigenvalue weighted by Crippen LogP contribution is 2.36. The largest absolute Gasteiger partial charge is 0.494 e. The zero-order valence-corrected chi connectivity index (χ0v) is 15.5. The molecule has 0 aliphatic carbocycles. The van der Waals surface area contributed by atoms with Crippen LogP contribution in [0.2, 0.25) is 5.02 Å². The maximum atomic E-state index is 12.7. The van der Waals surface area contributed by atoms with Crippen LogP contribution in [0.3, 0.4) is 0 Å². The summed E-state index contributed by atoms with van der Waals surface area (Å²) in [6, 6.07) is 7.39. The van der Waals surface area contributed by atoms with E-state index in [1.54, 1.807) is 12.1 Å². The average Bonchev–Trinajstić information content (AvgIpc) is 2.92. The van der Waals surface area contributed by atoms with E-state index in [9.17, 15) is 24.5 Å². The maximum Gasteiger partial charge on any atom is 0.291 e. The number of amides is 3. The standard InChI is InChI=1S/C18H14ClN3O6/c1-9(21-17(24)10-5-3-4-6-11(10)18(21)25)16(23)20-13-7-12(19)14(22(26)27)8-15(13)28-2/h3-9H,1-2H3,(H,20,23). The van der Waals surface area contributed by atoms with Crippen LogP contribution in [0.15, 0.2) is 36.4 Å². The third-order valence-corrected chi connectivity index (χ3v) is 4.62. The Morgan fingerprint density at radius 2 is 1.79 bits per heavy atom. The molecule has 0 spiro atoms. The van der Waals surface area contributed by atoms with Crippen LogP contribution in [0.4, 0.5) is 11.4 Å². The molecule has 1 heterocycles. The summed E-state index contributed by atoms with van der Waals surface area (Å²) in [5, 5.41) is 13.3. The molecule has 1 aliphatic heterocycles. The van der Waals surface area contributed by atoms with Crippen LogP contribution >= 0.6 is 11.6 Å². The number of benzene rings is 2. The monoisotopic (exact) mass is 403 g/mol. The molecular formula is C18H14ClN3O6. The van der Waals surface area contributed by atoms with Gasteiger partial charge in [0.15, 0.2) is 0 Å². The number of carbonyl (C=O) groups excluding carboxylic acids is 3. The number of anilines is 1. The number of ether oxygens (including phenoxy) is 1. The highest BCUT2D eigenvalue weighted by molar-refractivity contribution is 6.33. The summed E-state index contributed by atoms with van der Waals surface area (Å²) >= 11 is 5.88. The molecule has 3 rings (SSSR count). The van der Waals surface area contributed by atoms with Crippen molar-refractivity contribution in [1.82, 2.24) is 4.90 Å². The van der Waals surface area contributed by atoms with E-state index in [1.807, 2.05) is 0 Å². The number of halogens is 1. The van der Waals surface area contributed by atoms with E-state index in [1.165, 1.54) is 32.2 Å². The van der Waals surface area contributed by atoms with Crippen molar-refractivity contribution >= 4 is 40.7 Å². The molecule has 1 atom stereocenters. The topological polar surface area (TPSA) is 119 Å². The predicted octanol–water partition coefficient (Wildman–Crippen LogP) is 2.88. The van der Waals surface area contributed by atoms with E-state index >= 15 is 0 Å². The van der Waals surface area contributed by atoms with Gasteiger partial charge in [-0.3, -0.25) is 29.4 Å². The number of hydrogen-bond donors (Lipinski definition) is 1. The van der Waals surface area contributed by atoms with E-state index in [0.717, 1.165) is 11.0 Å². The molecule has 28 heavy (non-hydrogen) atoms. The van der Waals surface area contributed by atoms with Gasteiger partial charge in [-0.05, 0) is 25.1 Å². The fourth-order valence-corrected chi connectivity index (χ4v) is 3.10. The van der Waals surface area contributed by atoms with Crippen molar-refractivity contribution in [2.75, 3.05) is 12.4 Å². The van der Waals surface area contributed by atoms with Gasteiger partial charge >= 0.3 is 0 Å². The third-order valence-electron chi connectivity index (χ3n) is 4.32. The molecule has 1 unspecified atom stereocenters. The molecule has 2 aromatic rings. The quantitative estimate of drug-likeness (QED) is 0.465. The lowest BCUT2D eigenvalue weighted by molar-refractivity contribution is -0.384. The normalized spacial score (nSPS) is 13.9. The molecular weight excluding hydrogens is 390 g/mol. The van der Waals surface area contributed by atoms with Crippen LogP contribution in [0.5, 0.6) is 5.75 Å². The van der Waals surface area contributed by atoms with E-state index in [0.29, 0.717) is 0 Å². The molecule has 0 saturated heterocycles. The van der Waals surface area contributed by atoms with E-state index in [-0.39, 0.29) is 33.3 Å². The van der Waals surface area contributed by atoms with Crippen molar-refractivity contribution in [3.05, 3.63) is 62.7 Å². The van der Waals surface area contributed by atoms with Gasteiger partial charge in [-0.15, -0.1) is 0 Å². The predicted molar refractivity (Wildman–Crippen MR) is 99.7 cm³/mol. The van der Waals surface area contributed by atoms with Crippen LogP contribution < -0.4 is 10.1 Å². The minimum atomic E-state index is -1.13. The molecule has 9 nitrogen and oxygen atoms in total. The Morgan fingerprint density at radius 3 is 2.29 bits per heavy atom. The summed E-state index contributed by atoms with van der Waals surface area (Å²) in [6.07, 6.45) is 0. The number of fused-ring (bicyclic) bond motifs is 1. The van der Waals surface area contributed by atoms with E-state index in [4.69, 9.17) is 16.3 Å². The number of nitrogens with one attached hydrogen (secondary N) is 1. The lowest BCUT2D eigenvalue weighted by Crippen LogP contribution is -2.45. The number of rotatable bonds is 5. The second kappa shape index (κ2) is 7.28. The first kappa shape index (κ1) is 19.3. The molecule has 144 valence electrons. The minimum absolute atomic E-state index is 0.0130. The average molecular weight is 404 g/mol. The summed E-state index contributed by atoms with van der Waals surface area (Å²) in [5.74, 6) is -1.81. The first-order chi connectivity index (χ1) is 13.3. The van der Waals surface area contributed by atoms with Gasteiger partial charge in [-0.1, -0.05) is 23.7 Å². The van der Waals surface area contributed by atoms with Gasteiger partial charge in [0.05, 0.1) is 34.9 Å². The second-order valence-electron chi connectivity index (χ2n) is 5.95. The highest BCUT2D eigenvalue weighted by atomic mass is 35.5. The Kier molecular flexibility index (Phi) is 5.02. The summed E-state index contributed by atoms with van der Waals surface area (Å²) < 4.78 is 5.06. The van der Waals surface area contributed by atoms with Crippen LogP contribution in [0, 0.1) is 10.1 Å². The molecule has 0 aromatic heterocycles. The Balaban J connectivity index is 1.86. The zero-order chi connectivity index (χ0) is 20.6. The number of methoxy groups -OCH3 is 1. The molecule has 1 N–H and O–H groups in total. The Bertz CT molecular complexity index is 987. The fraction of sp³-hybridized carbons (Fsp3) is 0.167. The van der Waals surface area contributed by atoms with Gasteiger partial charge in [0, 0.05) is 0 Å². The lowest BCUT2D eigenvalue weighted by Gasteiger charge is -2.22. The number of nitro benzene ring substituents is 1. The number of imide groups is 1. The smallest absolute Gasteiger partial charge is 0.291 e. The highest BCUT2D eigenvalue weighted by Gasteiger charge is 2.40.